The van der Waals surface area contributed by atoms with E-state index in [0.717, 1.165) is 26.5 Å². The maximum Gasteiger partial charge on any atom is 0.293 e. The molecule has 2 amide bonds. The van der Waals surface area contributed by atoms with Gasteiger partial charge < -0.3 is 9.47 Å². The summed E-state index contributed by atoms with van der Waals surface area (Å²) >= 11 is 3.09. The second kappa shape index (κ2) is 10.2. The number of amides is 2. The summed E-state index contributed by atoms with van der Waals surface area (Å²) < 4.78 is 12.3. The van der Waals surface area contributed by atoms with Gasteiger partial charge in [0.25, 0.3) is 11.1 Å². The number of hydrogen-bond donors (Lipinski definition) is 0. The largest absolute Gasteiger partial charge is 0.493 e. The summed E-state index contributed by atoms with van der Waals surface area (Å²) in [6, 6.07) is 12.9. The first-order valence-electron chi connectivity index (χ1n) is 9.65. The zero-order chi connectivity index (χ0) is 22.5. The molecular formula is C23H21IN2O4S. The second-order valence-electron chi connectivity index (χ2n) is 6.90. The summed E-state index contributed by atoms with van der Waals surface area (Å²) in [5, 5.41) is 9.01. The highest BCUT2D eigenvalue weighted by molar-refractivity contribution is 14.1. The molecule has 0 bridgehead atoms. The monoisotopic (exact) mass is 548 g/mol. The molecule has 1 heterocycles. The van der Waals surface area contributed by atoms with Crippen molar-refractivity contribution in [2.75, 3.05) is 7.11 Å². The molecule has 0 saturated carbocycles. The first kappa shape index (κ1) is 23.2. The van der Waals surface area contributed by atoms with E-state index < -0.39 is 0 Å². The average molecular weight is 548 g/mol. The molecular weight excluding hydrogens is 527 g/mol. The van der Waals surface area contributed by atoms with Crippen molar-refractivity contribution < 1.29 is 19.1 Å². The molecule has 0 radical (unpaired) electrons. The highest BCUT2D eigenvalue weighted by atomic mass is 127. The lowest BCUT2D eigenvalue weighted by atomic mass is 10.1. The Morgan fingerprint density at radius 2 is 2.03 bits per heavy atom. The van der Waals surface area contributed by atoms with E-state index in [1.54, 1.807) is 25.3 Å². The van der Waals surface area contributed by atoms with Crippen LogP contribution in [0.5, 0.6) is 11.5 Å². The highest BCUT2D eigenvalue weighted by Gasteiger charge is 2.37. The minimum absolute atomic E-state index is 0.139. The van der Waals surface area contributed by atoms with Gasteiger partial charge in [0, 0.05) is 11.6 Å². The summed E-state index contributed by atoms with van der Waals surface area (Å²) in [7, 11) is 1.54. The van der Waals surface area contributed by atoms with Crippen LogP contribution in [0.4, 0.5) is 4.79 Å². The third-order valence-corrected chi connectivity index (χ3v) is 6.60. The molecule has 2 aromatic rings. The number of nitrogens with zero attached hydrogens (tertiary/aromatic N) is 2. The SMILES string of the molecule is CC[C@@H](C)N1C(=O)S/C(=C\c2cc(I)c(OCc3ccccc3C#N)c(OC)c2)C1=O. The summed E-state index contributed by atoms with van der Waals surface area (Å²) in [5.41, 5.74) is 2.08. The van der Waals surface area contributed by atoms with Crippen LogP contribution in [0.3, 0.4) is 0 Å². The molecule has 0 aromatic heterocycles. The van der Waals surface area contributed by atoms with Gasteiger partial charge in [-0.15, -0.1) is 0 Å². The lowest BCUT2D eigenvalue weighted by Crippen LogP contribution is -2.36. The van der Waals surface area contributed by atoms with Crippen LogP contribution in [0.1, 0.15) is 37.0 Å². The maximum atomic E-state index is 12.7. The van der Waals surface area contributed by atoms with Gasteiger partial charge in [-0.2, -0.15) is 5.26 Å². The standard InChI is InChI=1S/C23H21IN2O4S/c1-4-14(2)26-22(27)20(31-23(26)28)11-15-9-18(24)21(19(10-15)29-3)30-13-17-8-6-5-7-16(17)12-25/h5-11,14H,4,13H2,1-3H3/b20-11-/t14-/m1/s1. The highest BCUT2D eigenvalue weighted by Crippen LogP contribution is 2.38. The van der Waals surface area contributed by atoms with Gasteiger partial charge in [0.15, 0.2) is 11.5 Å². The number of thioether (sulfide) groups is 1. The molecule has 1 saturated heterocycles. The van der Waals surface area contributed by atoms with Crippen LogP contribution in [0, 0.1) is 14.9 Å². The van der Waals surface area contributed by atoms with Crippen LogP contribution < -0.4 is 9.47 Å². The normalized spacial score (nSPS) is 15.8. The van der Waals surface area contributed by atoms with Gasteiger partial charge in [-0.1, -0.05) is 25.1 Å². The molecule has 1 fully saturated rings. The van der Waals surface area contributed by atoms with E-state index in [1.807, 2.05) is 38.1 Å². The first-order chi connectivity index (χ1) is 14.9. The van der Waals surface area contributed by atoms with Gasteiger partial charge in [-0.25, -0.2) is 0 Å². The Balaban J connectivity index is 1.86. The minimum atomic E-state index is -0.272. The van der Waals surface area contributed by atoms with Crippen molar-refractivity contribution >= 4 is 51.6 Å². The van der Waals surface area contributed by atoms with Gasteiger partial charge in [0.05, 0.1) is 27.2 Å². The number of carbonyl (C=O) groups excluding carboxylic acids is 2. The van der Waals surface area contributed by atoms with Gasteiger partial charge >= 0.3 is 0 Å². The third-order valence-electron chi connectivity index (χ3n) is 4.91. The van der Waals surface area contributed by atoms with E-state index in [-0.39, 0.29) is 23.8 Å². The lowest BCUT2D eigenvalue weighted by molar-refractivity contribution is -0.124. The number of carbonyl (C=O) groups is 2. The minimum Gasteiger partial charge on any atom is -0.493 e. The topological polar surface area (TPSA) is 79.6 Å². The summed E-state index contributed by atoms with van der Waals surface area (Å²) in [6.45, 7) is 4.03. The van der Waals surface area contributed by atoms with Crippen LogP contribution in [0.25, 0.3) is 6.08 Å². The zero-order valence-corrected chi connectivity index (χ0v) is 20.3. The van der Waals surface area contributed by atoms with Gasteiger partial charge in [-0.05, 0) is 77.5 Å². The van der Waals surface area contributed by atoms with E-state index in [9.17, 15) is 14.9 Å². The lowest BCUT2D eigenvalue weighted by Gasteiger charge is -2.19. The van der Waals surface area contributed by atoms with Crippen molar-refractivity contribution in [1.29, 1.82) is 5.26 Å². The second-order valence-corrected chi connectivity index (χ2v) is 9.06. The summed E-state index contributed by atoms with van der Waals surface area (Å²) in [5.74, 6) is 0.793. The molecule has 8 heteroatoms. The maximum absolute atomic E-state index is 12.7. The molecule has 0 aliphatic carbocycles. The zero-order valence-electron chi connectivity index (χ0n) is 17.3. The number of rotatable bonds is 7. The molecule has 0 N–H and O–H groups in total. The van der Waals surface area contributed by atoms with Crippen molar-refractivity contribution in [3.8, 4) is 17.6 Å². The Hall–Kier alpha value is -2.51. The van der Waals surface area contributed by atoms with E-state index >= 15 is 0 Å². The van der Waals surface area contributed by atoms with E-state index in [1.165, 1.54) is 4.90 Å². The summed E-state index contributed by atoms with van der Waals surface area (Å²) in [6.07, 6.45) is 2.41. The Bertz CT molecular complexity index is 1090. The molecule has 0 spiro atoms. The van der Waals surface area contributed by atoms with Gasteiger partial charge in [0.1, 0.15) is 6.61 Å². The van der Waals surface area contributed by atoms with Gasteiger partial charge in [0.2, 0.25) is 0 Å². The number of halogens is 1. The number of methoxy groups -OCH3 is 1. The fraction of sp³-hybridized carbons (Fsp3) is 0.261. The number of ether oxygens (including phenoxy) is 2. The average Bonchev–Trinajstić information content (AvgIpc) is 3.04. The first-order valence-corrected chi connectivity index (χ1v) is 11.5. The Kier molecular flexibility index (Phi) is 7.62. The fourth-order valence-corrected chi connectivity index (χ4v) is 4.77. The quantitative estimate of drug-likeness (QED) is 0.332. The summed E-state index contributed by atoms with van der Waals surface area (Å²) in [4.78, 5) is 26.6. The van der Waals surface area contributed by atoms with Crippen molar-refractivity contribution in [1.82, 2.24) is 4.90 Å². The molecule has 1 atom stereocenters. The van der Waals surface area contributed by atoms with Crippen molar-refractivity contribution in [2.24, 2.45) is 0 Å². The van der Waals surface area contributed by atoms with E-state index in [0.29, 0.717) is 28.4 Å². The molecule has 0 unspecified atom stereocenters. The predicted molar refractivity (Wildman–Crippen MR) is 129 cm³/mol. The van der Waals surface area contributed by atoms with E-state index in [2.05, 4.69) is 28.7 Å². The molecule has 31 heavy (non-hydrogen) atoms. The number of hydrogen-bond acceptors (Lipinski definition) is 6. The van der Waals surface area contributed by atoms with Crippen LogP contribution in [-0.2, 0) is 11.4 Å². The van der Waals surface area contributed by atoms with Gasteiger partial charge in [-0.3, -0.25) is 14.5 Å². The van der Waals surface area contributed by atoms with Crippen LogP contribution >= 0.6 is 34.4 Å². The third kappa shape index (κ3) is 5.05. The van der Waals surface area contributed by atoms with E-state index in [4.69, 9.17) is 9.47 Å². The van der Waals surface area contributed by atoms with Crippen LogP contribution in [-0.4, -0.2) is 29.2 Å². The molecule has 3 rings (SSSR count). The Labute approximate surface area is 199 Å². The number of imide groups is 1. The molecule has 6 nitrogen and oxygen atoms in total. The predicted octanol–water partition coefficient (Wildman–Crippen LogP) is 5.59. The number of benzene rings is 2. The van der Waals surface area contributed by atoms with Crippen molar-refractivity contribution in [3.63, 3.8) is 0 Å². The molecule has 1 aliphatic rings. The van der Waals surface area contributed by atoms with Crippen LogP contribution in [0.2, 0.25) is 0 Å². The van der Waals surface area contributed by atoms with Crippen molar-refractivity contribution in [3.05, 3.63) is 61.6 Å². The Morgan fingerprint density at radius 1 is 1.29 bits per heavy atom. The molecule has 160 valence electrons. The Morgan fingerprint density at radius 3 is 2.71 bits per heavy atom. The fourth-order valence-electron chi connectivity index (χ4n) is 3.06. The molecule has 1 aliphatic heterocycles. The smallest absolute Gasteiger partial charge is 0.293 e. The van der Waals surface area contributed by atoms with Crippen molar-refractivity contribution in [2.45, 2.75) is 32.9 Å². The number of nitriles is 1. The molecule has 2 aromatic carbocycles. The van der Waals surface area contributed by atoms with Crippen LogP contribution in [0.15, 0.2) is 41.3 Å².